The van der Waals surface area contributed by atoms with Crippen LogP contribution in [0.15, 0.2) is 77.9 Å². The fraction of sp³-hybridized carbons (Fsp3) is 0.125. The number of benzene rings is 3. The van der Waals surface area contributed by atoms with E-state index in [0.29, 0.717) is 11.3 Å². The number of amides is 2. The van der Waals surface area contributed by atoms with Crippen molar-refractivity contribution in [2.75, 3.05) is 11.9 Å². The molecule has 0 aliphatic carbocycles. The van der Waals surface area contributed by atoms with Gasteiger partial charge in [-0.1, -0.05) is 30.3 Å². The highest BCUT2D eigenvalue weighted by atomic mass is 16.5. The van der Waals surface area contributed by atoms with Crippen molar-refractivity contribution in [3.63, 3.8) is 0 Å². The Bertz CT molecular complexity index is 1050. The van der Waals surface area contributed by atoms with Gasteiger partial charge >= 0.3 is 0 Å². The smallest absolute Gasteiger partial charge is 0.271 e. The number of carbonyl (C=O) groups excluding carboxylic acids is 2. The van der Waals surface area contributed by atoms with Crippen LogP contribution in [0.25, 0.3) is 0 Å². The van der Waals surface area contributed by atoms with Crippen molar-refractivity contribution in [1.29, 1.82) is 0 Å². The first-order valence-electron chi connectivity index (χ1n) is 9.50. The van der Waals surface area contributed by atoms with Crippen molar-refractivity contribution in [3.8, 4) is 5.75 Å². The highest BCUT2D eigenvalue weighted by Crippen LogP contribution is 2.16. The predicted molar refractivity (Wildman–Crippen MR) is 118 cm³/mol. The van der Waals surface area contributed by atoms with Crippen molar-refractivity contribution in [3.05, 3.63) is 95.1 Å². The molecule has 0 atom stereocenters. The van der Waals surface area contributed by atoms with Crippen LogP contribution < -0.4 is 15.5 Å². The van der Waals surface area contributed by atoms with Gasteiger partial charge in [-0.25, -0.2) is 5.43 Å². The van der Waals surface area contributed by atoms with Gasteiger partial charge in [0.15, 0.2) is 6.61 Å². The summed E-state index contributed by atoms with van der Waals surface area (Å²) >= 11 is 0. The lowest BCUT2D eigenvalue weighted by Gasteiger charge is -2.10. The third kappa shape index (κ3) is 6.04. The Labute approximate surface area is 175 Å². The first kappa shape index (κ1) is 20.8. The second-order valence-electron chi connectivity index (χ2n) is 6.79. The summed E-state index contributed by atoms with van der Waals surface area (Å²) in [6, 6.07) is 21.8. The number of nitrogens with one attached hydrogen (secondary N) is 2. The molecule has 6 nitrogen and oxygen atoms in total. The largest absolute Gasteiger partial charge is 0.484 e. The zero-order valence-corrected chi connectivity index (χ0v) is 16.9. The maximum absolute atomic E-state index is 12.1. The van der Waals surface area contributed by atoms with Gasteiger partial charge in [0.05, 0.1) is 6.21 Å². The molecule has 3 rings (SSSR count). The molecule has 0 aliphatic rings. The molecule has 3 aromatic carbocycles. The average molecular weight is 401 g/mol. The van der Waals surface area contributed by atoms with Crippen LogP contribution >= 0.6 is 0 Å². The van der Waals surface area contributed by atoms with E-state index in [4.69, 9.17) is 4.74 Å². The maximum Gasteiger partial charge on any atom is 0.271 e. The third-order valence-electron chi connectivity index (χ3n) is 4.33. The minimum atomic E-state index is -0.276. The molecule has 0 spiro atoms. The summed E-state index contributed by atoms with van der Waals surface area (Å²) in [6.45, 7) is 3.83. The number of nitrogens with zero attached hydrogens (tertiary/aromatic N) is 1. The summed E-state index contributed by atoms with van der Waals surface area (Å²) in [6.07, 6.45) is 1.54. The standard InChI is InChI=1S/C24H23N3O3/c1-17-8-9-18(2)22(14-17)26-23(28)16-30-21-12-10-19(11-13-21)15-25-27-24(29)20-6-4-3-5-7-20/h3-15H,16H2,1-2H3,(H,26,28)(H,27,29). The highest BCUT2D eigenvalue weighted by Gasteiger charge is 2.06. The lowest BCUT2D eigenvalue weighted by Crippen LogP contribution is -2.20. The van der Waals surface area contributed by atoms with Crippen molar-refractivity contribution in [1.82, 2.24) is 5.43 Å². The van der Waals surface area contributed by atoms with Gasteiger partial charge in [-0.3, -0.25) is 9.59 Å². The zero-order chi connectivity index (χ0) is 21.3. The van der Waals surface area contributed by atoms with Crippen LogP contribution in [0.3, 0.4) is 0 Å². The molecule has 0 saturated carbocycles. The van der Waals surface area contributed by atoms with E-state index in [9.17, 15) is 9.59 Å². The summed E-state index contributed by atoms with van der Waals surface area (Å²) < 4.78 is 5.54. The lowest BCUT2D eigenvalue weighted by molar-refractivity contribution is -0.118. The van der Waals surface area contributed by atoms with Gasteiger partial charge in [-0.2, -0.15) is 5.10 Å². The van der Waals surface area contributed by atoms with E-state index in [2.05, 4.69) is 15.8 Å². The molecule has 0 aliphatic heterocycles. The first-order chi connectivity index (χ1) is 14.5. The molecule has 6 heteroatoms. The van der Waals surface area contributed by atoms with Crippen molar-refractivity contribution in [2.45, 2.75) is 13.8 Å². The van der Waals surface area contributed by atoms with E-state index < -0.39 is 0 Å². The highest BCUT2D eigenvalue weighted by molar-refractivity contribution is 5.95. The molecule has 152 valence electrons. The number of hydrazone groups is 1. The van der Waals surface area contributed by atoms with E-state index in [1.165, 1.54) is 6.21 Å². The van der Waals surface area contributed by atoms with Crippen LogP contribution in [-0.4, -0.2) is 24.6 Å². The molecule has 0 bridgehead atoms. The fourth-order valence-electron chi connectivity index (χ4n) is 2.68. The number of anilines is 1. The number of hydrogen-bond acceptors (Lipinski definition) is 4. The molecule has 0 aromatic heterocycles. The molecule has 0 saturated heterocycles. The monoisotopic (exact) mass is 401 g/mol. The summed E-state index contributed by atoms with van der Waals surface area (Å²) in [5.74, 6) is 0.0659. The Morgan fingerprint density at radius 2 is 1.70 bits per heavy atom. The Hall–Kier alpha value is -3.93. The minimum Gasteiger partial charge on any atom is -0.484 e. The molecule has 30 heavy (non-hydrogen) atoms. The molecule has 0 heterocycles. The van der Waals surface area contributed by atoms with E-state index in [-0.39, 0.29) is 18.4 Å². The van der Waals surface area contributed by atoms with Crippen LogP contribution in [0.1, 0.15) is 27.0 Å². The van der Waals surface area contributed by atoms with Gasteiger partial charge in [0.1, 0.15) is 5.75 Å². The molecular formula is C24H23N3O3. The maximum atomic E-state index is 12.1. The number of hydrogen-bond donors (Lipinski definition) is 2. The summed E-state index contributed by atoms with van der Waals surface area (Å²) in [5, 5.41) is 6.81. The number of carbonyl (C=O) groups is 2. The normalized spacial score (nSPS) is 10.6. The Morgan fingerprint density at radius 1 is 0.967 bits per heavy atom. The van der Waals surface area contributed by atoms with E-state index >= 15 is 0 Å². The number of aryl methyl sites for hydroxylation is 2. The number of ether oxygens (including phenoxy) is 1. The Morgan fingerprint density at radius 3 is 2.43 bits per heavy atom. The fourth-order valence-corrected chi connectivity index (χ4v) is 2.68. The van der Waals surface area contributed by atoms with Gasteiger partial charge in [0, 0.05) is 11.3 Å². The number of rotatable bonds is 7. The molecule has 0 unspecified atom stereocenters. The SMILES string of the molecule is Cc1ccc(C)c(NC(=O)COc2ccc(C=NNC(=O)c3ccccc3)cc2)c1. The molecule has 0 radical (unpaired) electrons. The zero-order valence-electron chi connectivity index (χ0n) is 16.9. The van der Waals surface area contributed by atoms with E-state index in [0.717, 1.165) is 22.4 Å². The summed E-state index contributed by atoms with van der Waals surface area (Å²) in [4.78, 5) is 24.1. The van der Waals surface area contributed by atoms with E-state index in [1.807, 2.05) is 38.1 Å². The van der Waals surface area contributed by atoms with Crippen LogP contribution in [0.2, 0.25) is 0 Å². The van der Waals surface area contributed by atoms with Crippen LogP contribution in [0, 0.1) is 13.8 Å². The van der Waals surface area contributed by atoms with Crippen molar-refractivity contribution < 1.29 is 14.3 Å². The van der Waals surface area contributed by atoms with Crippen LogP contribution in [0.4, 0.5) is 5.69 Å². The average Bonchev–Trinajstić information content (AvgIpc) is 2.76. The minimum absolute atomic E-state index is 0.0893. The first-order valence-corrected chi connectivity index (χ1v) is 9.50. The topological polar surface area (TPSA) is 79.8 Å². The Kier molecular flexibility index (Phi) is 6.95. The van der Waals surface area contributed by atoms with E-state index in [1.54, 1.807) is 48.5 Å². The summed E-state index contributed by atoms with van der Waals surface area (Å²) in [7, 11) is 0. The third-order valence-corrected chi connectivity index (χ3v) is 4.33. The molecule has 2 amide bonds. The summed E-state index contributed by atoms with van der Waals surface area (Å²) in [5.41, 5.74) is 6.67. The van der Waals surface area contributed by atoms with Crippen LogP contribution in [0.5, 0.6) is 5.75 Å². The second-order valence-corrected chi connectivity index (χ2v) is 6.79. The van der Waals surface area contributed by atoms with Gasteiger partial charge in [-0.05, 0) is 73.0 Å². The molecule has 2 N–H and O–H groups in total. The molecular weight excluding hydrogens is 378 g/mol. The second kappa shape index (κ2) is 10.0. The van der Waals surface area contributed by atoms with Crippen molar-refractivity contribution in [2.24, 2.45) is 5.10 Å². The molecule has 0 fully saturated rings. The van der Waals surface area contributed by atoms with Gasteiger partial charge in [-0.15, -0.1) is 0 Å². The molecule has 3 aromatic rings. The van der Waals surface area contributed by atoms with Crippen molar-refractivity contribution >= 4 is 23.7 Å². The van der Waals surface area contributed by atoms with Gasteiger partial charge < -0.3 is 10.1 Å². The van der Waals surface area contributed by atoms with Gasteiger partial charge in [0.25, 0.3) is 11.8 Å². The lowest BCUT2D eigenvalue weighted by atomic mass is 10.1. The Balaban J connectivity index is 1.47. The predicted octanol–water partition coefficient (Wildman–Crippen LogP) is 4.08. The van der Waals surface area contributed by atoms with Gasteiger partial charge in [0.2, 0.25) is 0 Å². The van der Waals surface area contributed by atoms with Crippen LogP contribution in [-0.2, 0) is 4.79 Å². The quantitative estimate of drug-likeness (QED) is 0.462.